The molecule has 132 valence electrons. The van der Waals surface area contributed by atoms with E-state index in [1.165, 1.54) is 0 Å². The van der Waals surface area contributed by atoms with Crippen LogP contribution in [0.15, 0.2) is 29.0 Å². The summed E-state index contributed by atoms with van der Waals surface area (Å²) >= 11 is 1.61. The van der Waals surface area contributed by atoms with Crippen LogP contribution in [0.3, 0.4) is 0 Å². The molecule has 1 atom stereocenters. The summed E-state index contributed by atoms with van der Waals surface area (Å²) < 4.78 is 0. The maximum atomic E-state index is 12.9. The van der Waals surface area contributed by atoms with E-state index in [1.807, 2.05) is 43.7 Å². The zero-order valence-electron chi connectivity index (χ0n) is 14.7. The molecule has 1 unspecified atom stereocenters. The summed E-state index contributed by atoms with van der Waals surface area (Å²) in [6.45, 7) is 6.36. The van der Waals surface area contributed by atoms with E-state index in [-0.39, 0.29) is 18.4 Å². The fraction of sp³-hybridized carbons (Fsp3) is 0.421. The highest BCUT2D eigenvalue weighted by atomic mass is 32.1. The number of hydrogen-bond acceptors (Lipinski definition) is 4. The second-order valence-corrected chi connectivity index (χ2v) is 7.71. The van der Waals surface area contributed by atoms with Crippen LogP contribution in [0.4, 0.5) is 0 Å². The van der Waals surface area contributed by atoms with E-state index in [2.05, 4.69) is 4.98 Å². The van der Waals surface area contributed by atoms with E-state index < -0.39 is 11.4 Å². The molecule has 1 saturated heterocycles. The summed E-state index contributed by atoms with van der Waals surface area (Å²) in [5.41, 5.74) is 2.25. The Labute approximate surface area is 151 Å². The molecule has 25 heavy (non-hydrogen) atoms. The molecule has 1 aliphatic rings. The molecule has 2 aromatic rings. The molecule has 3 rings (SSSR count). The minimum atomic E-state index is -0.854. The first-order chi connectivity index (χ1) is 11.8. The maximum absolute atomic E-state index is 12.9. The predicted octanol–water partition coefficient (Wildman–Crippen LogP) is 3.69. The number of pyridine rings is 1. The Bertz CT molecular complexity index is 801. The molecular weight excluding hydrogens is 336 g/mol. The smallest absolute Gasteiger partial charge is 0.311 e. The topological polar surface area (TPSA) is 70.5 Å². The van der Waals surface area contributed by atoms with E-state index >= 15 is 0 Å². The number of carbonyl (C=O) groups excluding carboxylic acids is 1. The molecule has 5 nitrogen and oxygen atoms in total. The number of hydrogen-bond donors (Lipinski definition) is 1. The number of carboxylic acid groups (broad SMARTS) is 1. The number of carbonyl (C=O) groups is 2. The monoisotopic (exact) mass is 358 g/mol. The molecular formula is C19H22N2O3S. The summed E-state index contributed by atoms with van der Waals surface area (Å²) in [5, 5.41) is 13.7. The van der Waals surface area contributed by atoms with E-state index in [9.17, 15) is 14.7 Å². The lowest BCUT2D eigenvalue weighted by Gasteiger charge is -2.28. The summed E-state index contributed by atoms with van der Waals surface area (Å²) in [6, 6.07) is 5.65. The quantitative estimate of drug-likeness (QED) is 0.905. The third kappa shape index (κ3) is 3.06. The number of aromatic nitrogens is 1. The zero-order chi connectivity index (χ0) is 18.2. The molecule has 0 aliphatic carbocycles. The lowest BCUT2D eigenvalue weighted by atomic mass is 9.76. The van der Waals surface area contributed by atoms with E-state index in [1.54, 1.807) is 22.3 Å². The zero-order valence-corrected chi connectivity index (χ0v) is 15.5. The van der Waals surface area contributed by atoms with Crippen molar-refractivity contribution >= 4 is 23.2 Å². The Balaban J connectivity index is 1.84. The Morgan fingerprint density at radius 1 is 1.32 bits per heavy atom. The average molecular weight is 358 g/mol. The van der Waals surface area contributed by atoms with E-state index in [4.69, 9.17) is 0 Å². The molecule has 1 amide bonds. The van der Waals surface area contributed by atoms with Gasteiger partial charge < -0.3 is 10.0 Å². The number of thiophene rings is 1. The number of likely N-dealkylation sites (tertiary alicyclic amines) is 1. The van der Waals surface area contributed by atoms with Gasteiger partial charge in [-0.1, -0.05) is 13.8 Å². The first-order valence-corrected chi connectivity index (χ1v) is 9.32. The summed E-state index contributed by atoms with van der Waals surface area (Å²) in [7, 11) is 0. The van der Waals surface area contributed by atoms with Crippen molar-refractivity contribution in [3.63, 3.8) is 0 Å². The van der Waals surface area contributed by atoms with Crippen LogP contribution in [-0.2, 0) is 4.79 Å². The van der Waals surface area contributed by atoms with Gasteiger partial charge in [-0.25, -0.2) is 0 Å². The molecule has 3 heterocycles. The summed E-state index contributed by atoms with van der Waals surface area (Å²) in [5.74, 6) is -0.978. The summed E-state index contributed by atoms with van der Waals surface area (Å²) in [6.07, 6.45) is 0.491. The van der Waals surface area contributed by atoms with Crippen LogP contribution >= 0.6 is 11.3 Å². The number of aliphatic carboxylic acids is 1. The van der Waals surface area contributed by atoms with Crippen molar-refractivity contribution in [1.82, 2.24) is 9.88 Å². The number of aryl methyl sites for hydroxylation is 1. The van der Waals surface area contributed by atoms with E-state index in [0.29, 0.717) is 24.2 Å². The van der Waals surface area contributed by atoms with Crippen molar-refractivity contribution in [3.05, 3.63) is 40.2 Å². The second kappa shape index (κ2) is 6.59. The molecule has 0 aromatic carbocycles. The SMILES string of the molecule is Cc1nc(-c2ccsc2)ccc1C(=O)N1CCC(C(=O)O)(C(C)C)C1. The van der Waals surface area contributed by atoms with Crippen LogP contribution in [0.1, 0.15) is 36.3 Å². The van der Waals surface area contributed by atoms with Gasteiger partial charge in [0.1, 0.15) is 0 Å². The number of amides is 1. The van der Waals surface area contributed by atoms with Crippen LogP contribution in [0.5, 0.6) is 0 Å². The molecule has 0 saturated carbocycles. The molecule has 0 spiro atoms. The van der Waals surface area contributed by atoms with Crippen LogP contribution < -0.4 is 0 Å². The molecule has 0 radical (unpaired) electrons. The van der Waals surface area contributed by atoms with Gasteiger partial charge in [0.2, 0.25) is 0 Å². The predicted molar refractivity (Wildman–Crippen MR) is 97.7 cm³/mol. The van der Waals surface area contributed by atoms with Crippen molar-refractivity contribution in [3.8, 4) is 11.3 Å². The third-order valence-corrected chi connectivity index (χ3v) is 5.94. The Hall–Kier alpha value is -2.21. The number of rotatable bonds is 4. The van der Waals surface area contributed by atoms with Gasteiger partial charge in [0.25, 0.3) is 5.91 Å². The van der Waals surface area contributed by atoms with Crippen molar-refractivity contribution in [2.45, 2.75) is 27.2 Å². The van der Waals surface area contributed by atoms with Crippen LogP contribution in [0.25, 0.3) is 11.3 Å². The largest absolute Gasteiger partial charge is 0.481 e. The molecule has 2 aromatic heterocycles. The van der Waals surface area contributed by atoms with Crippen LogP contribution in [-0.4, -0.2) is 40.0 Å². The highest BCUT2D eigenvalue weighted by Crippen LogP contribution is 2.38. The normalized spacial score (nSPS) is 20.2. The van der Waals surface area contributed by atoms with Gasteiger partial charge in [0, 0.05) is 24.0 Å². The molecule has 6 heteroatoms. The van der Waals surface area contributed by atoms with Gasteiger partial charge in [-0.15, -0.1) is 0 Å². The fourth-order valence-electron chi connectivity index (χ4n) is 3.43. The number of carboxylic acids is 1. The molecule has 1 N–H and O–H groups in total. The Kier molecular flexibility index (Phi) is 4.64. The third-order valence-electron chi connectivity index (χ3n) is 5.25. The van der Waals surface area contributed by atoms with Crippen molar-refractivity contribution in [2.24, 2.45) is 11.3 Å². The Morgan fingerprint density at radius 3 is 2.60 bits per heavy atom. The maximum Gasteiger partial charge on any atom is 0.311 e. The minimum absolute atomic E-state index is 0.0250. The van der Waals surface area contributed by atoms with E-state index in [0.717, 1.165) is 11.3 Å². The van der Waals surface area contributed by atoms with Crippen molar-refractivity contribution in [1.29, 1.82) is 0 Å². The second-order valence-electron chi connectivity index (χ2n) is 6.93. The lowest BCUT2D eigenvalue weighted by Crippen LogP contribution is -2.40. The molecule has 1 fully saturated rings. The first kappa shape index (κ1) is 17.6. The van der Waals surface area contributed by atoms with Crippen molar-refractivity contribution < 1.29 is 14.7 Å². The Morgan fingerprint density at radius 2 is 2.08 bits per heavy atom. The van der Waals surface area contributed by atoms with Gasteiger partial charge in [0.15, 0.2) is 0 Å². The summed E-state index contributed by atoms with van der Waals surface area (Å²) in [4.78, 5) is 30.9. The highest BCUT2D eigenvalue weighted by molar-refractivity contribution is 7.08. The van der Waals surface area contributed by atoms with Gasteiger partial charge in [-0.3, -0.25) is 14.6 Å². The highest BCUT2D eigenvalue weighted by Gasteiger charge is 2.48. The number of nitrogens with zero attached hydrogens (tertiary/aromatic N) is 2. The lowest BCUT2D eigenvalue weighted by molar-refractivity contribution is -0.150. The van der Waals surface area contributed by atoms with Crippen LogP contribution in [0.2, 0.25) is 0 Å². The fourth-order valence-corrected chi connectivity index (χ4v) is 4.08. The van der Waals surface area contributed by atoms with Gasteiger partial charge in [-0.05, 0) is 42.8 Å². The molecule has 0 bridgehead atoms. The van der Waals surface area contributed by atoms with Crippen LogP contribution in [0, 0.1) is 18.3 Å². The van der Waals surface area contributed by atoms with Crippen molar-refractivity contribution in [2.75, 3.05) is 13.1 Å². The van der Waals surface area contributed by atoms with Gasteiger partial charge >= 0.3 is 5.97 Å². The minimum Gasteiger partial charge on any atom is -0.481 e. The van der Waals surface area contributed by atoms with Gasteiger partial charge in [-0.2, -0.15) is 11.3 Å². The first-order valence-electron chi connectivity index (χ1n) is 8.38. The molecule has 1 aliphatic heterocycles. The standard InChI is InChI=1S/C19H22N2O3S/c1-12(2)19(18(23)24)7-8-21(11-19)17(22)15-4-5-16(20-13(15)3)14-6-9-25-10-14/h4-6,9-10,12H,7-8,11H2,1-3H3,(H,23,24). The average Bonchev–Trinajstić information content (AvgIpc) is 3.24. The van der Waals surface area contributed by atoms with Gasteiger partial charge in [0.05, 0.1) is 22.4 Å².